The molecular weight excluding hydrogens is 363 g/mol. The van der Waals surface area contributed by atoms with Crippen LogP contribution in [-0.2, 0) is 4.79 Å². The van der Waals surface area contributed by atoms with E-state index in [9.17, 15) is 14.0 Å². The van der Waals surface area contributed by atoms with Crippen LogP contribution in [0.5, 0.6) is 0 Å². The third-order valence-electron chi connectivity index (χ3n) is 4.42. The van der Waals surface area contributed by atoms with Gasteiger partial charge in [0.25, 0.3) is 5.91 Å². The summed E-state index contributed by atoms with van der Waals surface area (Å²) in [7, 11) is 0. The first-order chi connectivity index (χ1) is 12.9. The summed E-state index contributed by atoms with van der Waals surface area (Å²) in [4.78, 5) is 27.6. The highest BCUT2D eigenvalue weighted by molar-refractivity contribution is 7.99. The topological polar surface area (TPSA) is 49.4 Å². The van der Waals surface area contributed by atoms with Crippen molar-refractivity contribution in [1.82, 2.24) is 10.2 Å². The van der Waals surface area contributed by atoms with Gasteiger partial charge in [0.15, 0.2) is 0 Å². The highest BCUT2D eigenvalue weighted by atomic mass is 32.2. The van der Waals surface area contributed by atoms with Gasteiger partial charge in [0, 0.05) is 17.4 Å². The lowest BCUT2D eigenvalue weighted by Gasteiger charge is -2.29. The summed E-state index contributed by atoms with van der Waals surface area (Å²) in [5, 5.41) is 2.57. The fourth-order valence-corrected chi connectivity index (χ4v) is 4.50. The molecule has 1 saturated heterocycles. The Balaban J connectivity index is 1.95. The summed E-state index contributed by atoms with van der Waals surface area (Å²) in [5.41, 5.74) is 2.41. The molecule has 2 atom stereocenters. The number of halogens is 1. The van der Waals surface area contributed by atoms with Gasteiger partial charge < -0.3 is 10.2 Å². The molecule has 2 aromatic rings. The number of amides is 2. The number of carbonyl (C=O) groups excluding carboxylic acids is 2. The molecule has 0 aliphatic carbocycles. The maximum absolute atomic E-state index is 13.3. The largest absolute Gasteiger partial charge is 0.352 e. The molecule has 1 aliphatic rings. The number of aryl methyl sites for hydroxylation is 1. The molecule has 6 heteroatoms. The minimum absolute atomic E-state index is 0.0105. The van der Waals surface area contributed by atoms with Crippen LogP contribution in [0.3, 0.4) is 0 Å². The number of nitrogens with one attached hydrogen (secondary N) is 1. The zero-order valence-electron chi connectivity index (χ0n) is 15.6. The molecule has 0 aromatic heterocycles. The number of benzene rings is 2. The number of carbonyl (C=O) groups is 2. The normalized spacial score (nSPS) is 19.4. The maximum Gasteiger partial charge on any atom is 0.255 e. The van der Waals surface area contributed by atoms with E-state index in [4.69, 9.17) is 0 Å². The predicted molar refractivity (Wildman–Crippen MR) is 106 cm³/mol. The van der Waals surface area contributed by atoms with Crippen LogP contribution in [0.2, 0.25) is 0 Å². The van der Waals surface area contributed by atoms with E-state index >= 15 is 0 Å². The third kappa shape index (κ3) is 4.33. The number of hydrogen-bond donors (Lipinski definition) is 1. The van der Waals surface area contributed by atoms with E-state index in [0.29, 0.717) is 11.3 Å². The Morgan fingerprint density at radius 2 is 1.74 bits per heavy atom. The van der Waals surface area contributed by atoms with Gasteiger partial charge in [0.2, 0.25) is 5.91 Å². The minimum atomic E-state index is -0.568. The van der Waals surface area contributed by atoms with Crippen LogP contribution in [0.25, 0.3) is 0 Å². The molecular formula is C21H23FN2O2S. The van der Waals surface area contributed by atoms with Gasteiger partial charge in [0.1, 0.15) is 17.2 Å². The summed E-state index contributed by atoms with van der Waals surface area (Å²) in [6.07, 6.45) is 0. The van der Waals surface area contributed by atoms with E-state index in [2.05, 4.69) is 5.32 Å². The molecule has 0 unspecified atom stereocenters. The van der Waals surface area contributed by atoms with Crippen molar-refractivity contribution in [2.24, 2.45) is 0 Å². The fourth-order valence-electron chi connectivity index (χ4n) is 3.07. The second-order valence-corrected chi connectivity index (χ2v) is 8.11. The van der Waals surface area contributed by atoms with E-state index in [1.165, 1.54) is 23.9 Å². The van der Waals surface area contributed by atoms with Crippen LogP contribution < -0.4 is 5.32 Å². The molecule has 4 nitrogen and oxygen atoms in total. The maximum atomic E-state index is 13.3. The van der Waals surface area contributed by atoms with Crippen LogP contribution in [0.1, 0.15) is 40.7 Å². The van der Waals surface area contributed by atoms with Crippen molar-refractivity contribution < 1.29 is 14.0 Å². The van der Waals surface area contributed by atoms with Gasteiger partial charge in [-0.25, -0.2) is 4.39 Å². The molecule has 1 aliphatic heterocycles. The van der Waals surface area contributed by atoms with Gasteiger partial charge in [-0.2, -0.15) is 0 Å². The lowest BCUT2D eigenvalue weighted by molar-refractivity contribution is -0.125. The van der Waals surface area contributed by atoms with Crippen molar-refractivity contribution in [3.63, 3.8) is 0 Å². The van der Waals surface area contributed by atoms with Crippen LogP contribution in [0.4, 0.5) is 4.39 Å². The summed E-state index contributed by atoms with van der Waals surface area (Å²) in [6.45, 7) is 5.74. The lowest BCUT2D eigenvalue weighted by Crippen LogP contribution is -2.49. The smallest absolute Gasteiger partial charge is 0.255 e. The molecule has 0 bridgehead atoms. The molecule has 2 aromatic carbocycles. The summed E-state index contributed by atoms with van der Waals surface area (Å²) < 4.78 is 13.3. The highest BCUT2D eigenvalue weighted by Crippen LogP contribution is 2.42. The summed E-state index contributed by atoms with van der Waals surface area (Å²) >= 11 is 1.52. The molecule has 0 saturated carbocycles. The van der Waals surface area contributed by atoms with Crippen molar-refractivity contribution >= 4 is 23.6 Å². The number of thioether (sulfide) groups is 1. The first kappa shape index (κ1) is 19.4. The SMILES string of the molecule is Cc1ccc(C(=O)N2[C@@H](C(=O)NC(C)C)CS[C@@H]2c2ccc(F)cc2)cc1. The molecule has 27 heavy (non-hydrogen) atoms. The van der Waals surface area contributed by atoms with Crippen molar-refractivity contribution in [3.05, 3.63) is 71.0 Å². The van der Waals surface area contributed by atoms with Crippen LogP contribution >= 0.6 is 11.8 Å². The van der Waals surface area contributed by atoms with Crippen molar-refractivity contribution in [3.8, 4) is 0 Å². The second kappa shape index (κ2) is 8.13. The Morgan fingerprint density at radius 1 is 1.11 bits per heavy atom. The van der Waals surface area contributed by atoms with Crippen molar-refractivity contribution in [2.75, 3.05) is 5.75 Å². The zero-order chi connectivity index (χ0) is 19.6. The summed E-state index contributed by atoms with van der Waals surface area (Å²) in [5.74, 6) is -0.189. The number of rotatable bonds is 4. The van der Waals surface area contributed by atoms with Gasteiger partial charge in [-0.15, -0.1) is 11.8 Å². The van der Waals surface area contributed by atoms with E-state index in [-0.39, 0.29) is 29.0 Å². The van der Waals surface area contributed by atoms with Crippen molar-refractivity contribution in [1.29, 1.82) is 0 Å². The number of hydrogen-bond acceptors (Lipinski definition) is 3. The molecule has 1 N–H and O–H groups in total. The first-order valence-electron chi connectivity index (χ1n) is 8.93. The van der Waals surface area contributed by atoms with Crippen LogP contribution in [0.15, 0.2) is 48.5 Å². The third-order valence-corrected chi connectivity index (χ3v) is 5.75. The Morgan fingerprint density at radius 3 is 2.33 bits per heavy atom. The van der Waals surface area contributed by atoms with Crippen molar-refractivity contribution in [2.45, 2.75) is 38.2 Å². The molecule has 2 amide bonds. The monoisotopic (exact) mass is 386 g/mol. The zero-order valence-corrected chi connectivity index (χ0v) is 16.4. The Bertz CT molecular complexity index is 821. The molecule has 0 radical (unpaired) electrons. The minimum Gasteiger partial charge on any atom is -0.352 e. The molecule has 1 heterocycles. The van der Waals surface area contributed by atoms with E-state index in [1.807, 2.05) is 32.9 Å². The van der Waals surface area contributed by atoms with Gasteiger partial charge in [-0.3, -0.25) is 9.59 Å². The Labute approximate surface area is 163 Å². The van der Waals surface area contributed by atoms with Gasteiger partial charge in [-0.1, -0.05) is 29.8 Å². The van der Waals surface area contributed by atoms with Gasteiger partial charge in [-0.05, 0) is 50.6 Å². The Hall–Kier alpha value is -2.34. The average molecular weight is 386 g/mol. The number of nitrogens with zero attached hydrogens (tertiary/aromatic N) is 1. The predicted octanol–water partition coefficient (Wildman–Crippen LogP) is 3.92. The van der Waals surface area contributed by atoms with E-state index in [0.717, 1.165) is 11.1 Å². The fraction of sp³-hybridized carbons (Fsp3) is 0.333. The quantitative estimate of drug-likeness (QED) is 0.867. The molecule has 0 spiro atoms. The molecule has 1 fully saturated rings. The first-order valence-corrected chi connectivity index (χ1v) is 9.98. The van der Waals surface area contributed by atoms with Crippen LogP contribution in [0, 0.1) is 12.7 Å². The summed E-state index contributed by atoms with van der Waals surface area (Å²) in [6, 6.07) is 12.8. The van der Waals surface area contributed by atoms with E-state index in [1.54, 1.807) is 29.2 Å². The van der Waals surface area contributed by atoms with Crippen LogP contribution in [-0.4, -0.2) is 34.6 Å². The second-order valence-electron chi connectivity index (χ2n) is 6.99. The molecule has 142 valence electrons. The van der Waals surface area contributed by atoms with Gasteiger partial charge in [0.05, 0.1) is 0 Å². The Kier molecular flexibility index (Phi) is 5.85. The highest BCUT2D eigenvalue weighted by Gasteiger charge is 2.42. The van der Waals surface area contributed by atoms with E-state index < -0.39 is 6.04 Å². The average Bonchev–Trinajstić information content (AvgIpc) is 3.07. The molecule has 3 rings (SSSR count). The lowest BCUT2D eigenvalue weighted by atomic mass is 10.1. The van der Waals surface area contributed by atoms with Gasteiger partial charge >= 0.3 is 0 Å². The standard InChI is InChI=1S/C21H23FN2O2S/c1-13(2)23-19(25)18-12-27-21(16-8-10-17(22)11-9-16)24(18)20(26)15-6-4-14(3)5-7-15/h4-11,13,18,21H,12H2,1-3H3,(H,23,25)/t18-,21-/m1/s1.